The van der Waals surface area contributed by atoms with Crippen LogP contribution in [0.4, 0.5) is 18.9 Å². The summed E-state index contributed by atoms with van der Waals surface area (Å²) in [6.07, 6.45) is -3.76. The van der Waals surface area contributed by atoms with Gasteiger partial charge >= 0.3 is 6.18 Å². The number of rotatable bonds is 2. The van der Waals surface area contributed by atoms with Crippen LogP contribution in [0.15, 0.2) is 42.5 Å². The number of halogens is 4. The predicted octanol–water partition coefficient (Wildman–Crippen LogP) is 4.72. The minimum absolute atomic E-state index is 0.0250. The molecule has 2 aromatic rings. The molecule has 0 bridgehead atoms. The number of nitriles is 1. The Morgan fingerprint density at radius 2 is 1.77 bits per heavy atom. The Labute approximate surface area is 154 Å². The number of hydrogen-bond acceptors (Lipinski definition) is 3. The van der Waals surface area contributed by atoms with Crippen molar-refractivity contribution in [1.29, 1.82) is 5.26 Å². The van der Waals surface area contributed by atoms with Gasteiger partial charge in [-0.1, -0.05) is 29.8 Å². The molecule has 0 amide bonds. The van der Waals surface area contributed by atoms with Crippen LogP contribution in [0.25, 0.3) is 0 Å². The predicted molar refractivity (Wildman–Crippen MR) is 93.0 cm³/mol. The molecule has 0 aliphatic carbocycles. The topological polar surface area (TPSA) is 47.3 Å². The van der Waals surface area contributed by atoms with Crippen molar-refractivity contribution >= 4 is 17.3 Å². The minimum Gasteiger partial charge on any atom is -0.385 e. The Hall–Kier alpha value is -2.23. The fourth-order valence-corrected chi connectivity index (χ4v) is 3.61. The summed E-state index contributed by atoms with van der Waals surface area (Å²) in [6, 6.07) is 12.1. The van der Waals surface area contributed by atoms with Crippen LogP contribution in [-0.2, 0) is 11.8 Å². The minimum atomic E-state index is -4.49. The third kappa shape index (κ3) is 3.50. The SMILES string of the molecule is N#Cc1cc(C(F)(F)F)ccc1N1CCC(O)(c2ccccc2Cl)CC1. The van der Waals surface area contributed by atoms with Crippen molar-refractivity contribution in [3.05, 3.63) is 64.2 Å². The van der Waals surface area contributed by atoms with Crippen molar-refractivity contribution in [2.75, 3.05) is 18.0 Å². The summed E-state index contributed by atoms with van der Waals surface area (Å²) in [4.78, 5) is 1.82. The molecule has 1 N–H and O–H groups in total. The monoisotopic (exact) mass is 380 g/mol. The number of benzene rings is 2. The lowest BCUT2D eigenvalue weighted by Crippen LogP contribution is -2.43. The van der Waals surface area contributed by atoms with E-state index in [9.17, 15) is 23.5 Å². The van der Waals surface area contributed by atoms with Gasteiger partial charge in [-0.15, -0.1) is 0 Å². The quantitative estimate of drug-likeness (QED) is 0.820. The van der Waals surface area contributed by atoms with Gasteiger partial charge in [-0.05, 0) is 37.1 Å². The van der Waals surface area contributed by atoms with E-state index >= 15 is 0 Å². The summed E-state index contributed by atoms with van der Waals surface area (Å²) in [5.74, 6) is 0. The molecule has 0 saturated carbocycles. The van der Waals surface area contributed by atoms with E-state index in [1.807, 2.05) is 11.0 Å². The first-order chi connectivity index (χ1) is 12.2. The second-order valence-corrected chi connectivity index (χ2v) is 6.75. The third-order valence-electron chi connectivity index (χ3n) is 4.75. The van der Waals surface area contributed by atoms with E-state index in [0.717, 1.165) is 12.1 Å². The van der Waals surface area contributed by atoms with E-state index in [0.29, 0.717) is 42.2 Å². The van der Waals surface area contributed by atoms with Crippen LogP contribution in [0.1, 0.15) is 29.5 Å². The average Bonchev–Trinajstić information content (AvgIpc) is 2.61. The molecule has 2 aromatic carbocycles. The molecule has 7 heteroatoms. The zero-order valence-electron chi connectivity index (χ0n) is 13.7. The molecule has 1 aliphatic heterocycles. The van der Waals surface area contributed by atoms with Gasteiger partial charge in [0.1, 0.15) is 6.07 Å². The van der Waals surface area contributed by atoms with Crippen LogP contribution < -0.4 is 4.90 Å². The average molecular weight is 381 g/mol. The van der Waals surface area contributed by atoms with Gasteiger partial charge in [0, 0.05) is 23.7 Å². The maximum Gasteiger partial charge on any atom is 0.416 e. The first-order valence-electron chi connectivity index (χ1n) is 8.08. The van der Waals surface area contributed by atoms with Crippen LogP contribution in [-0.4, -0.2) is 18.2 Å². The number of piperidine rings is 1. The summed E-state index contributed by atoms with van der Waals surface area (Å²) < 4.78 is 38.5. The van der Waals surface area contributed by atoms with Gasteiger partial charge in [-0.25, -0.2) is 0 Å². The van der Waals surface area contributed by atoms with Crippen LogP contribution >= 0.6 is 11.6 Å². The summed E-state index contributed by atoms with van der Waals surface area (Å²) in [5.41, 5.74) is -0.866. The second kappa shape index (κ2) is 6.82. The van der Waals surface area contributed by atoms with Crippen molar-refractivity contribution in [2.45, 2.75) is 24.6 Å². The maximum atomic E-state index is 12.8. The van der Waals surface area contributed by atoms with Crippen LogP contribution in [0.2, 0.25) is 5.02 Å². The molecule has 0 spiro atoms. The van der Waals surface area contributed by atoms with Crippen molar-refractivity contribution < 1.29 is 18.3 Å². The highest BCUT2D eigenvalue weighted by atomic mass is 35.5. The molecule has 3 nitrogen and oxygen atoms in total. The fourth-order valence-electron chi connectivity index (χ4n) is 3.30. The van der Waals surface area contributed by atoms with Gasteiger partial charge in [0.15, 0.2) is 0 Å². The van der Waals surface area contributed by atoms with Gasteiger partial charge in [-0.2, -0.15) is 18.4 Å². The summed E-state index contributed by atoms with van der Waals surface area (Å²) >= 11 is 6.19. The zero-order valence-corrected chi connectivity index (χ0v) is 14.5. The fraction of sp³-hybridized carbons (Fsp3) is 0.316. The van der Waals surface area contributed by atoms with Crippen LogP contribution in [0.5, 0.6) is 0 Å². The van der Waals surface area contributed by atoms with Crippen LogP contribution in [0.3, 0.4) is 0 Å². The van der Waals surface area contributed by atoms with Crippen molar-refractivity contribution in [3.63, 3.8) is 0 Å². The molecule has 1 saturated heterocycles. The number of aliphatic hydroxyl groups is 1. The lowest BCUT2D eigenvalue weighted by Gasteiger charge is -2.40. The van der Waals surface area contributed by atoms with E-state index < -0.39 is 17.3 Å². The Morgan fingerprint density at radius 1 is 1.12 bits per heavy atom. The molecular weight excluding hydrogens is 365 g/mol. The highest BCUT2D eigenvalue weighted by Gasteiger charge is 2.36. The molecule has 0 aromatic heterocycles. The second-order valence-electron chi connectivity index (χ2n) is 6.34. The molecule has 0 radical (unpaired) electrons. The van der Waals surface area contributed by atoms with Crippen LogP contribution in [0, 0.1) is 11.3 Å². The first-order valence-corrected chi connectivity index (χ1v) is 8.46. The number of anilines is 1. The number of nitrogens with zero attached hydrogens (tertiary/aromatic N) is 2. The molecule has 1 heterocycles. The largest absolute Gasteiger partial charge is 0.416 e. The molecular formula is C19H16ClF3N2O. The molecule has 0 atom stereocenters. The van der Waals surface area contributed by atoms with Gasteiger partial charge in [0.05, 0.1) is 22.4 Å². The molecule has 1 aliphatic rings. The molecule has 1 fully saturated rings. The van der Waals surface area contributed by atoms with Gasteiger partial charge in [-0.3, -0.25) is 0 Å². The van der Waals surface area contributed by atoms with E-state index in [2.05, 4.69) is 0 Å². The van der Waals surface area contributed by atoms with E-state index in [1.165, 1.54) is 6.07 Å². The maximum absolute atomic E-state index is 12.8. The molecule has 0 unspecified atom stereocenters. The van der Waals surface area contributed by atoms with Gasteiger partial charge in [0.2, 0.25) is 0 Å². The Balaban J connectivity index is 1.82. The van der Waals surface area contributed by atoms with Crippen molar-refractivity contribution in [2.24, 2.45) is 0 Å². The Bertz CT molecular complexity index is 853. The molecule has 3 rings (SSSR count). The smallest absolute Gasteiger partial charge is 0.385 e. The lowest BCUT2D eigenvalue weighted by atomic mass is 9.84. The van der Waals surface area contributed by atoms with E-state index in [-0.39, 0.29) is 5.56 Å². The normalized spacial score (nSPS) is 17.0. The molecule has 26 heavy (non-hydrogen) atoms. The Kier molecular flexibility index (Phi) is 4.87. The summed E-state index contributed by atoms with van der Waals surface area (Å²) in [6.45, 7) is 0.809. The molecule has 136 valence electrons. The van der Waals surface area contributed by atoms with Crippen molar-refractivity contribution in [1.82, 2.24) is 0 Å². The highest BCUT2D eigenvalue weighted by Crippen LogP contribution is 2.39. The number of hydrogen-bond donors (Lipinski definition) is 1. The lowest BCUT2D eigenvalue weighted by molar-refractivity contribution is -0.137. The van der Waals surface area contributed by atoms with Gasteiger partial charge < -0.3 is 10.0 Å². The first kappa shape index (κ1) is 18.6. The highest BCUT2D eigenvalue weighted by molar-refractivity contribution is 6.31. The van der Waals surface area contributed by atoms with E-state index in [1.54, 1.807) is 24.3 Å². The number of alkyl halides is 3. The van der Waals surface area contributed by atoms with E-state index in [4.69, 9.17) is 11.6 Å². The summed E-state index contributed by atoms with van der Waals surface area (Å²) in [7, 11) is 0. The zero-order chi connectivity index (χ0) is 18.9. The third-order valence-corrected chi connectivity index (χ3v) is 5.08. The standard InChI is InChI=1S/C19H16ClF3N2O/c20-16-4-2-1-3-15(16)18(26)7-9-25(10-8-18)17-6-5-14(19(21,22)23)11-13(17)12-24/h1-6,11,26H,7-10H2. The van der Waals surface area contributed by atoms with Gasteiger partial charge in [0.25, 0.3) is 0 Å². The Morgan fingerprint density at radius 3 is 2.35 bits per heavy atom. The summed E-state index contributed by atoms with van der Waals surface area (Å²) in [5, 5.41) is 20.7. The van der Waals surface area contributed by atoms with Crippen molar-refractivity contribution in [3.8, 4) is 6.07 Å².